The average Bonchev–Trinajstić information content (AvgIpc) is 3.11. The zero-order chi connectivity index (χ0) is 20.5. The smallest absolute Gasteiger partial charge is 0.266 e. The van der Waals surface area contributed by atoms with Crippen LogP contribution in [0, 0.1) is 5.82 Å². The molecule has 1 aromatic carbocycles. The Kier molecular flexibility index (Phi) is 6.21. The Balaban J connectivity index is 1.73. The molecule has 2 aliphatic rings. The van der Waals surface area contributed by atoms with Crippen LogP contribution in [-0.2, 0) is 19.4 Å². The van der Waals surface area contributed by atoms with E-state index in [9.17, 15) is 22.4 Å². The molecule has 0 bridgehead atoms. The SMILES string of the molecule is CCN(C(=O)CN1C(=O)/C(=C\c2ccccc2F)SC1=S)C1CCS(=O)(=O)C1. The molecular weight excluding hydrogens is 423 g/mol. The number of rotatable bonds is 5. The molecule has 0 radical (unpaired) electrons. The molecule has 10 heteroatoms. The van der Waals surface area contributed by atoms with Crippen molar-refractivity contribution in [3.63, 3.8) is 0 Å². The molecule has 1 unspecified atom stereocenters. The second-order valence-electron chi connectivity index (χ2n) is 6.53. The highest BCUT2D eigenvalue weighted by molar-refractivity contribution is 8.26. The summed E-state index contributed by atoms with van der Waals surface area (Å²) in [5, 5.41) is 0. The molecule has 0 spiro atoms. The summed E-state index contributed by atoms with van der Waals surface area (Å²) in [5.41, 5.74) is 0.265. The van der Waals surface area contributed by atoms with Gasteiger partial charge in [-0.05, 0) is 25.5 Å². The van der Waals surface area contributed by atoms with Crippen LogP contribution in [0.4, 0.5) is 4.39 Å². The molecule has 0 aliphatic carbocycles. The van der Waals surface area contributed by atoms with Crippen molar-refractivity contribution in [3.8, 4) is 0 Å². The minimum absolute atomic E-state index is 0.0574. The Morgan fingerprint density at radius 3 is 2.75 bits per heavy atom. The van der Waals surface area contributed by atoms with Crippen LogP contribution in [0.1, 0.15) is 18.9 Å². The fourth-order valence-corrected chi connectivity index (χ4v) is 6.23. The number of sulfone groups is 1. The number of thioether (sulfide) groups is 1. The van der Waals surface area contributed by atoms with Crippen molar-refractivity contribution in [1.82, 2.24) is 9.80 Å². The van der Waals surface area contributed by atoms with Crippen molar-refractivity contribution in [2.24, 2.45) is 0 Å². The third-order valence-electron chi connectivity index (χ3n) is 4.67. The lowest BCUT2D eigenvalue weighted by atomic mass is 10.2. The molecule has 0 saturated carbocycles. The van der Waals surface area contributed by atoms with Gasteiger partial charge in [-0.1, -0.05) is 42.2 Å². The molecule has 1 aromatic rings. The van der Waals surface area contributed by atoms with Crippen LogP contribution in [0.2, 0.25) is 0 Å². The molecule has 2 fully saturated rings. The van der Waals surface area contributed by atoms with Crippen molar-refractivity contribution in [1.29, 1.82) is 0 Å². The van der Waals surface area contributed by atoms with Gasteiger partial charge in [0, 0.05) is 18.2 Å². The highest BCUT2D eigenvalue weighted by Crippen LogP contribution is 2.33. The maximum absolute atomic E-state index is 13.8. The van der Waals surface area contributed by atoms with Crippen molar-refractivity contribution >= 4 is 56.0 Å². The van der Waals surface area contributed by atoms with Gasteiger partial charge in [0.1, 0.15) is 16.7 Å². The van der Waals surface area contributed by atoms with Crippen LogP contribution >= 0.6 is 24.0 Å². The third kappa shape index (κ3) is 4.44. The predicted octanol–water partition coefficient (Wildman–Crippen LogP) is 2.06. The van der Waals surface area contributed by atoms with Crippen LogP contribution in [0.3, 0.4) is 0 Å². The van der Waals surface area contributed by atoms with Crippen LogP contribution in [0.15, 0.2) is 29.2 Å². The predicted molar refractivity (Wildman–Crippen MR) is 111 cm³/mol. The van der Waals surface area contributed by atoms with E-state index in [-0.39, 0.29) is 44.8 Å². The van der Waals surface area contributed by atoms with E-state index in [4.69, 9.17) is 12.2 Å². The van der Waals surface area contributed by atoms with Gasteiger partial charge in [-0.25, -0.2) is 12.8 Å². The molecule has 28 heavy (non-hydrogen) atoms. The highest BCUT2D eigenvalue weighted by atomic mass is 32.2. The van der Waals surface area contributed by atoms with Gasteiger partial charge in [0.25, 0.3) is 5.91 Å². The first-order valence-electron chi connectivity index (χ1n) is 8.71. The van der Waals surface area contributed by atoms with Gasteiger partial charge >= 0.3 is 0 Å². The van der Waals surface area contributed by atoms with Crippen molar-refractivity contribution in [3.05, 3.63) is 40.6 Å². The summed E-state index contributed by atoms with van der Waals surface area (Å²) < 4.78 is 37.5. The Labute approximate surface area is 172 Å². The summed E-state index contributed by atoms with van der Waals surface area (Å²) in [6.07, 6.45) is 1.81. The molecule has 2 heterocycles. The molecular formula is C18H19FN2O4S3. The first-order chi connectivity index (χ1) is 13.2. The number of hydrogen-bond acceptors (Lipinski definition) is 6. The van der Waals surface area contributed by atoms with Gasteiger partial charge in [-0.3, -0.25) is 14.5 Å². The number of halogens is 1. The first kappa shape index (κ1) is 20.9. The van der Waals surface area contributed by atoms with E-state index in [1.54, 1.807) is 25.1 Å². The van der Waals surface area contributed by atoms with Gasteiger partial charge < -0.3 is 4.90 Å². The van der Waals surface area contributed by atoms with E-state index in [1.165, 1.54) is 21.9 Å². The molecule has 150 valence electrons. The number of likely N-dealkylation sites (N-methyl/N-ethyl adjacent to an activating group) is 1. The number of benzene rings is 1. The van der Waals surface area contributed by atoms with E-state index in [0.717, 1.165) is 11.8 Å². The third-order valence-corrected chi connectivity index (χ3v) is 7.80. The maximum atomic E-state index is 13.8. The van der Waals surface area contributed by atoms with Crippen LogP contribution in [0.5, 0.6) is 0 Å². The van der Waals surface area contributed by atoms with E-state index in [2.05, 4.69) is 0 Å². The molecule has 1 atom stereocenters. The first-order valence-corrected chi connectivity index (χ1v) is 11.8. The van der Waals surface area contributed by atoms with Crippen LogP contribution in [0.25, 0.3) is 6.08 Å². The summed E-state index contributed by atoms with van der Waals surface area (Å²) in [6.45, 7) is 1.85. The minimum atomic E-state index is -3.13. The quantitative estimate of drug-likeness (QED) is 0.513. The number of carbonyl (C=O) groups is 2. The lowest BCUT2D eigenvalue weighted by molar-refractivity contribution is -0.136. The minimum Gasteiger partial charge on any atom is -0.337 e. The molecule has 0 aromatic heterocycles. The summed E-state index contributed by atoms with van der Waals surface area (Å²) >= 11 is 6.24. The molecule has 2 aliphatic heterocycles. The van der Waals surface area contributed by atoms with E-state index >= 15 is 0 Å². The largest absolute Gasteiger partial charge is 0.337 e. The Morgan fingerprint density at radius 2 is 2.14 bits per heavy atom. The van der Waals surface area contributed by atoms with Gasteiger partial charge in [-0.2, -0.15) is 0 Å². The standard InChI is InChI=1S/C18H19FN2O4S3/c1-2-20(13-7-8-28(24,25)11-13)16(22)10-21-17(23)15(27-18(21)26)9-12-5-3-4-6-14(12)19/h3-6,9,13H,2,7-8,10-11H2,1H3/b15-9+. The van der Waals surface area contributed by atoms with Crippen molar-refractivity contribution < 1.29 is 22.4 Å². The zero-order valence-corrected chi connectivity index (χ0v) is 17.6. The number of carbonyl (C=O) groups excluding carboxylic acids is 2. The second-order valence-corrected chi connectivity index (χ2v) is 10.4. The number of thiocarbonyl (C=S) groups is 1. The van der Waals surface area contributed by atoms with Crippen LogP contribution < -0.4 is 0 Å². The van der Waals surface area contributed by atoms with Gasteiger partial charge in [-0.15, -0.1) is 0 Å². The monoisotopic (exact) mass is 442 g/mol. The number of nitrogens with zero attached hydrogens (tertiary/aromatic N) is 2. The van der Waals surface area contributed by atoms with Crippen molar-refractivity contribution in [2.75, 3.05) is 24.6 Å². The Bertz CT molecular complexity index is 961. The second kappa shape index (κ2) is 8.30. The lowest BCUT2D eigenvalue weighted by Gasteiger charge is -2.28. The number of hydrogen-bond donors (Lipinski definition) is 0. The fraction of sp³-hybridized carbons (Fsp3) is 0.389. The molecule has 6 nitrogen and oxygen atoms in total. The summed E-state index contributed by atoms with van der Waals surface area (Å²) in [6, 6.07) is 5.68. The molecule has 2 amide bonds. The molecule has 2 saturated heterocycles. The summed E-state index contributed by atoms with van der Waals surface area (Å²) in [5.74, 6) is -1.26. The normalized spacial score (nSPS) is 22.9. The topological polar surface area (TPSA) is 74.8 Å². The molecule has 3 rings (SSSR count). The zero-order valence-electron chi connectivity index (χ0n) is 15.1. The maximum Gasteiger partial charge on any atom is 0.266 e. The van der Waals surface area contributed by atoms with Gasteiger partial charge in [0.05, 0.1) is 16.4 Å². The van der Waals surface area contributed by atoms with Crippen LogP contribution in [-0.4, -0.2) is 65.0 Å². The Morgan fingerprint density at radius 1 is 1.43 bits per heavy atom. The van der Waals surface area contributed by atoms with E-state index in [0.29, 0.717) is 13.0 Å². The number of amides is 2. The summed E-state index contributed by atoms with van der Waals surface area (Å²) in [7, 11) is -3.13. The summed E-state index contributed by atoms with van der Waals surface area (Å²) in [4.78, 5) is 28.3. The van der Waals surface area contributed by atoms with E-state index in [1.807, 2.05) is 0 Å². The van der Waals surface area contributed by atoms with Crippen molar-refractivity contribution in [2.45, 2.75) is 19.4 Å². The van der Waals surface area contributed by atoms with E-state index < -0.39 is 21.6 Å². The molecule has 0 N–H and O–H groups in total. The average molecular weight is 443 g/mol. The van der Waals surface area contributed by atoms with Gasteiger partial charge in [0.15, 0.2) is 9.84 Å². The Hall–Kier alpha value is -1.78. The highest BCUT2D eigenvalue weighted by Gasteiger charge is 2.38. The fourth-order valence-electron chi connectivity index (χ4n) is 3.26. The lowest BCUT2D eigenvalue weighted by Crippen LogP contribution is -2.47. The van der Waals surface area contributed by atoms with Gasteiger partial charge in [0.2, 0.25) is 5.91 Å².